The largest absolute Gasteiger partial charge is 0.497 e. The van der Waals surface area contributed by atoms with Gasteiger partial charge in [-0.2, -0.15) is 0 Å². The number of hydrogen-bond acceptors (Lipinski definition) is 3. The molecule has 0 aromatic heterocycles. The Morgan fingerprint density at radius 1 is 1.18 bits per heavy atom. The molecule has 3 nitrogen and oxygen atoms in total. The van der Waals surface area contributed by atoms with Gasteiger partial charge in [0.1, 0.15) is 11.5 Å². The smallest absolute Gasteiger partial charge is 0.122 e. The van der Waals surface area contributed by atoms with Gasteiger partial charge in [-0.1, -0.05) is 0 Å². The molecular weight excluding hydrogens is 214 g/mol. The first-order valence-corrected chi connectivity index (χ1v) is 6.13. The lowest BCUT2D eigenvalue weighted by molar-refractivity contribution is 0.393. The predicted molar refractivity (Wildman–Crippen MR) is 69.0 cm³/mol. The molecule has 3 heteroatoms. The Kier molecular flexibility index (Phi) is 3.57. The fourth-order valence-corrected chi connectivity index (χ4v) is 2.74. The van der Waals surface area contributed by atoms with E-state index >= 15 is 0 Å². The highest BCUT2D eigenvalue weighted by atomic mass is 16.5. The van der Waals surface area contributed by atoms with Crippen LogP contribution < -0.4 is 14.8 Å². The lowest BCUT2D eigenvalue weighted by Gasteiger charge is -2.19. The van der Waals surface area contributed by atoms with E-state index in [0.29, 0.717) is 18.0 Å². The zero-order valence-electron chi connectivity index (χ0n) is 11.0. The molecule has 0 radical (unpaired) electrons. The minimum Gasteiger partial charge on any atom is -0.497 e. The van der Waals surface area contributed by atoms with Crippen LogP contribution in [0.5, 0.6) is 11.5 Å². The molecular formula is C14H21NO2. The molecule has 1 aromatic carbocycles. The average Bonchev–Trinajstić information content (AvgIpc) is 2.67. The van der Waals surface area contributed by atoms with Crippen molar-refractivity contribution in [2.45, 2.75) is 38.3 Å². The molecule has 0 bridgehead atoms. The highest BCUT2D eigenvalue weighted by Crippen LogP contribution is 2.38. The average molecular weight is 235 g/mol. The summed E-state index contributed by atoms with van der Waals surface area (Å²) in [5.74, 6) is 2.35. The van der Waals surface area contributed by atoms with E-state index in [1.54, 1.807) is 14.2 Å². The second-order valence-electron chi connectivity index (χ2n) is 4.81. The van der Waals surface area contributed by atoms with Crippen molar-refractivity contribution < 1.29 is 9.47 Å². The number of hydrogen-bond donors (Lipinski definition) is 1. The molecule has 1 fully saturated rings. The Bertz CT molecular complexity index is 392. The highest BCUT2D eigenvalue weighted by Gasteiger charge is 2.31. The van der Waals surface area contributed by atoms with E-state index < -0.39 is 0 Å². The van der Waals surface area contributed by atoms with Crippen LogP contribution in [-0.2, 0) is 0 Å². The van der Waals surface area contributed by atoms with E-state index in [0.717, 1.165) is 17.9 Å². The third kappa shape index (κ3) is 2.39. The normalized spacial score (nSPS) is 28.1. The van der Waals surface area contributed by atoms with Gasteiger partial charge in [0.15, 0.2) is 0 Å². The number of ether oxygens (including phenoxy) is 2. The third-order valence-corrected chi connectivity index (χ3v) is 3.59. The number of methoxy groups -OCH3 is 2. The Balaban J connectivity index is 2.35. The Hall–Kier alpha value is -1.22. The maximum absolute atomic E-state index is 5.46. The molecule has 0 spiro atoms. The SMILES string of the molecule is COc1ccc(OC)c(C2CC(C)NC2C)c1. The number of benzene rings is 1. The summed E-state index contributed by atoms with van der Waals surface area (Å²) in [4.78, 5) is 0. The maximum Gasteiger partial charge on any atom is 0.122 e. The van der Waals surface area contributed by atoms with E-state index in [1.807, 2.05) is 12.1 Å². The molecule has 1 aliphatic rings. The zero-order chi connectivity index (χ0) is 12.4. The molecule has 3 unspecified atom stereocenters. The summed E-state index contributed by atoms with van der Waals surface area (Å²) >= 11 is 0. The minimum atomic E-state index is 0.478. The van der Waals surface area contributed by atoms with Crippen molar-refractivity contribution in [3.63, 3.8) is 0 Å². The molecule has 17 heavy (non-hydrogen) atoms. The van der Waals surface area contributed by atoms with Crippen LogP contribution in [0, 0.1) is 0 Å². The third-order valence-electron chi connectivity index (χ3n) is 3.59. The molecule has 3 atom stereocenters. The zero-order valence-corrected chi connectivity index (χ0v) is 11.0. The van der Waals surface area contributed by atoms with Crippen molar-refractivity contribution >= 4 is 0 Å². The van der Waals surface area contributed by atoms with Crippen LogP contribution >= 0.6 is 0 Å². The maximum atomic E-state index is 5.46. The monoisotopic (exact) mass is 235 g/mol. The molecule has 1 heterocycles. The summed E-state index contributed by atoms with van der Waals surface area (Å²) < 4.78 is 10.8. The summed E-state index contributed by atoms with van der Waals surface area (Å²) in [6.07, 6.45) is 1.14. The van der Waals surface area contributed by atoms with E-state index in [1.165, 1.54) is 5.56 Å². The van der Waals surface area contributed by atoms with Gasteiger partial charge in [-0.05, 0) is 38.5 Å². The van der Waals surface area contributed by atoms with Crippen molar-refractivity contribution in [1.29, 1.82) is 0 Å². The quantitative estimate of drug-likeness (QED) is 0.873. The van der Waals surface area contributed by atoms with Crippen molar-refractivity contribution in [1.82, 2.24) is 5.32 Å². The Labute approximate surface area is 103 Å². The van der Waals surface area contributed by atoms with Gasteiger partial charge in [0.25, 0.3) is 0 Å². The van der Waals surface area contributed by atoms with E-state index in [9.17, 15) is 0 Å². The van der Waals surface area contributed by atoms with Gasteiger partial charge in [0.05, 0.1) is 14.2 Å². The Morgan fingerprint density at radius 3 is 2.47 bits per heavy atom. The Morgan fingerprint density at radius 2 is 1.94 bits per heavy atom. The second kappa shape index (κ2) is 4.96. The molecule has 1 aromatic rings. The van der Waals surface area contributed by atoms with Crippen LogP contribution in [0.1, 0.15) is 31.7 Å². The van der Waals surface area contributed by atoms with Gasteiger partial charge in [0.2, 0.25) is 0 Å². The van der Waals surface area contributed by atoms with Crippen LogP contribution in [0.3, 0.4) is 0 Å². The summed E-state index contributed by atoms with van der Waals surface area (Å²) in [6, 6.07) is 7.07. The fourth-order valence-electron chi connectivity index (χ4n) is 2.74. The fraction of sp³-hybridized carbons (Fsp3) is 0.571. The van der Waals surface area contributed by atoms with Gasteiger partial charge in [-0.25, -0.2) is 0 Å². The van der Waals surface area contributed by atoms with Crippen LogP contribution in [-0.4, -0.2) is 26.3 Å². The first-order valence-electron chi connectivity index (χ1n) is 6.13. The molecule has 1 saturated heterocycles. The first-order chi connectivity index (χ1) is 8.15. The number of nitrogens with one attached hydrogen (secondary N) is 1. The summed E-state index contributed by atoms with van der Waals surface area (Å²) in [7, 11) is 3.42. The molecule has 0 amide bonds. The van der Waals surface area contributed by atoms with Gasteiger partial charge in [-0.3, -0.25) is 0 Å². The predicted octanol–water partition coefficient (Wildman–Crippen LogP) is 2.56. The van der Waals surface area contributed by atoms with E-state index in [4.69, 9.17) is 9.47 Å². The molecule has 1 aliphatic heterocycles. The van der Waals surface area contributed by atoms with Gasteiger partial charge >= 0.3 is 0 Å². The summed E-state index contributed by atoms with van der Waals surface area (Å²) in [6.45, 7) is 4.45. The topological polar surface area (TPSA) is 30.5 Å². The van der Waals surface area contributed by atoms with E-state index in [2.05, 4.69) is 25.2 Å². The molecule has 94 valence electrons. The minimum absolute atomic E-state index is 0.478. The van der Waals surface area contributed by atoms with Crippen molar-refractivity contribution in [3.05, 3.63) is 23.8 Å². The molecule has 0 aliphatic carbocycles. The van der Waals surface area contributed by atoms with Crippen molar-refractivity contribution in [3.8, 4) is 11.5 Å². The van der Waals surface area contributed by atoms with Gasteiger partial charge in [-0.15, -0.1) is 0 Å². The standard InChI is InChI=1S/C14H21NO2/c1-9-7-12(10(2)15-9)13-8-11(16-3)5-6-14(13)17-4/h5-6,8-10,12,15H,7H2,1-4H3. The van der Waals surface area contributed by atoms with Gasteiger partial charge < -0.3 is 14.8 Å². The summed E-state index contributed by atoms with van der Waals surface area (Å²) in [5.41, 5.74) is 1.25. The van der Waals surface area contributed by atoms with Crippen LogP contribution in [0.15, 0.2) is 18.2 Å². The van der Waals surface area contributed by atoms with Crippen LogP contribution in [0.4, 0.5) is 0 Å². The lowest BCUT2D eigenvalue weighted by atomic mass is 9.91. The van der Waals surface area contributed by atoms with Crippen LogP contribution in [0.2, 0.25) is 0 Å². The first kappa shape index (κ1) is 12.2. The lowest BCUT2D eigenvalue weighted by Crippen LogP contribution is -2.26. The van der Waals surface area contributed by atoms with Crippen molar-refractivity contribution in [2.75, 3.05) is 14.2 Å². The molecule has 0 saturated carbocycles. The molecule has 2 rings (SSSR count). The van der Waals surface area contributed by atoms with Crippen LogP contribution in [0.25, 0.3) is 0 Å². The second-order valence-corrected chi connectivity index (χ2v) is 4.81. The van der Waals surface area contributed by atoms with Gasteiger partial charge in [0, 0.05) is 23.6 Å². The molecule has 1 N–H and O–H groups in total. The summed E-state index contributed by atoms with van der Waals surface area (Å²) in [5, 5.41) is 3.56. The van der Waals surface area contributed by atoms with E-state index in [-0.39, 0.29) is 0 Å². The highest BCUT2D eigenvalue weighted by molar-refractivity contribution is 5.43. The number of rotatable bonds is 3. The van der Waals surface area contributed by atoms with Crippen molar-refractivity contribution in [2.24, 2.45) is 0 Å².